The van der Waals surface area contributed by atoms with Crippen molar-refractivity contribution >= 4 is 5.91 Å². The zero-order chi connectivity index (χ0) is 18.2. The van der Waals surface area contributed by atoms with Gasteiger partial charge in [0.1, 0.15) is 0 Å². The van der Waals surface area contributed by atoms with Gasteiger partial charge in [0, 0.05) is 5.56 Å². The zero-order valence-electron chi connectivity index (χ0n) is 14.6. The molecule has 0 saturated heterocycles. The van der Waals surface area contributed by atoms with E-state index in [0.717, 1.165) is 25.7 Å². The van der Waals surface area contributed by atoms with Gasteiger partial charge in [-0.3, -0.25) is 4.79 Å². The number of carbonyl (C=O) groups excluding carboxylic acids is 1. The second-order valence-corrected chi connectivity index (χ2v) is 6.36. The molecule has 24 heavy (non-hydrogen) atoms. The van der Waals surface area contributed by atoms with Gasteiger partial charge in [0.15, 0.2) is 0 Å². The number of alkyl halides is 3. The number of benzene rings is 1. The van der Waals surface area contributed by atoms with Crippen molar-refractivity contribution < 1.29 is 18.0 Å². The average molecular weight is 343 g/mol. The number of hydrogen-bond acceptors (Lipinski definition) is 1. The lowest BCUT2D eigenvalue weighted by Gasteiger charge is -2.17. The van der Waals surface area contributed by atoms with Gasteiger partial charge in [0.25, 0.3) is 0 Å². The van der Waals surface area contributed by atoms with Crippen molar-refractivity contribution in [2.45, 2.75) is 77.8 Å². The van der Waals surface area contributed by atoms with Crippen LogP contribution in [-0.2, 0) is 12.6 Å². The largest absolute Gasteiger partial charge is 0.416 e. The van der Waals surface area contributed by atoms with E-state index < -0.39 is 17.6 Å². The molecule has 0 unspecified atom stereocenters. The minimum atomic E-state index is -4.47. The third-order valence-corrected chi connectivity index (χ3v) is 4.40. The van der Waals surface area contributed by atoms with Crippen molar-refractivity contribution in [2.24, 2.45) is 5.73 Å². The maximum Gasteiger partial charge on any atom is 0.416 e. The average Bonchev–Trinajstić information content (AvgIpc) is 2.48. The summed E-state index contributed by atoms with van der Waals surface area (Å²) in [5.41, 5.74) is 4.61. The Morgan fingerprint density at radius 3 is 2.04 bits per heavy atom. The van der Waals surface area contributed by atoms with Crippen LogP contribution in [0.3, 0.4) is 0 Å². The molecule has 0 fully saturated rings. The predicted molar refractivity (Wildman–Crippen MR) is 91.0 cm³/mol. The van der Waals surface area contributed by atoms with Crippen LogP contribution in [0.2, 0.25) is 0 Å². The monoisotopic (exact) mass is 343 g/mol. The maximum absolute atomic E-state index is 13.3. The van der Waals surface area contributed by atoms with Crippen LogP contribution < -0.4 is 5.73 Å². The molecule has 1 aromatic carbocycles. The molecule has 1 aromatic rings. The molecule has 0 bridgehead atoms. The Hall–Kier alpha value is -1.52. The van der Waals surface area contributed by atoms with E-state index >= 15 is 0 Å². The van der Waals surface area contributed by atoms with E-state index in [9.17, 15) is 18.0 Å². The van der Waals surface area contributed by atoms with Crippen LogP contribution >= 0.6 is 0 Å². The summed E-state index contributed by atoms with van der Waals surface area (Å²) in [4.78, 5) is 11.3. The minimum absolute atomic E-state index is 0.0537. The topological polar surface area (TPSA) is 43.1 Å². The lowest BCUT2D eigenvalue weighted by molar-refractivity contribution is -0.138. The Morgan fingerprint density at radius 2 is 1.54 bits per heavy atom. The van der Waals surface area contributed by atoms with Crippen LogP contribution in [0.15, 0.2) is 12.1 Å². The van der Waals surface area contributed by atoms with E-state index in [2.05, 4.69) is 6.92 Å². The summed E-state index contributed by atoms with van der Waals surface area (Å²) in [5, 5.41) is 0. The highest BCUT2D eigenvalue weighted by atomic mass is 19.4. The van der Waals surface area contributed by atoms with Crippen LogP contribution in [0, 0.1) is 6.92 Å². The highest BCUT2D eigenvalue weighted by Gasteiger charge is 2.36. The molecular formula is C19H28F3NO. The highest BCUT2D eigenvalue weighted by Crippen LogP contribution is 2.36. The normalized spacial score (nSPS) is 11.7. The van der Waals surface area contributed by atoms with E-state index in [4.69, 9.17) is 5.73 Å². The summed E-state index contributed by atoms with van der Waals surface area (Å²) in [6.45, 7) is 3.49. The molecule has 0 aliphatic carbocycles. The quantitative estimate of drug-likeness (QED) is 0.536. The zero-order valence-corrected chi connectivity index (χ0v) is 14.6. The predicted octanol–water partition coefficient (Wildman–Crippen LogP) is 5.80. The van der Waals surface area contributed by atoms with Crippen molar-refractivity contribution in [3.8, 4) is 0 Å². The SMILES string of the molecule is CCCCCCCCCCc1ccc(C(N)=O)c(C)c1C(F)(F)F. The fourth-order valence-electron chi connectivity index (χ4n) is 3.09. The van der Waals surface area contributed by atoms with Crippen LogP contribution in [0.1, 0.15) is 85.3 Å². The second kappa shape index (κ2) is 9.70. The Bertz CT molecular complexity index is 538. The summed E-state index contributed by atoms with van der Waals surface area (Å²) in [7, 11) is 0. The van der Waals surface area contributed by atoms with Crippen molar-refractivity contribution in [3.63, 3.8) is 0 Å². The lowest BCUT2D eigenvalue weighted by atomic mass is 9.93. The smallest absolute Gasteiger partial charge is 0.366 e. The summed E-state index contributed by atoms with van der Waals surface area (Å²) >= 11 is 0. The van der Waals surface area contributed by atoms with Gasteiger partial charge >= 0.3 is 6.18 Å². The molecule has 2 nitrogen and oxygen atoms in total. The number of primary amides is 1. The van der Waals surface area contributed by atoms with Crippen LogP contribution in [0.4, 0.5) is 13.2 Å². The minimum Gasteiger partial charge on any atom is -0.366 e. The third kappa shape index (κ3) is 6.17. The number of nitrogens with two attached hydrogens (primary N) is 1. The molecule has 0 spiro atoms. The van der Waals surface area contributed by atoms with Crippen molar-refractivity contribution in [3.05, 3.63) is 34.4 Å². The number of unbranched alkanes of at least 4 members (excludes halogenated alkanes) is 7. The summed E-state index contributed by atoms with van der Waals surface area (Å²) in [6, 6.07) is 2.81. The first-order chi connectivity index (χ1) is 11.3. The van der Waals surface area contributed by atoms with E-state index in [0.29, 0.717) is 6.42 Å². The van der Waals surface area contributed by atoms with E-state index in [1.807, 2.05) is 0 Å². The van der Waals surface area contributed by atoms with Crippen molar-refractivity contribution in [2.75, 3.05) is 0 Å². The molecule has 0 aromatic heterocycles. The molecule has 5 heteroatoms. The molecule has 0 atom stereocenters. The van der Waals surface area contributed by atoms with Crippen LogP contribution in [-0.4, -0.2) is 5.91 Å². The first-order valence-corrected chi connectivity index (χ1v) is 8.78. The Labute approximate surface area is 142 Å². The Kier molecular flexibility index (Phi) is 8.29. The first-order valence-electron chi connectivity index (χ1n) is 8.78. The van der Waals surface area contributed by atoms with Gasteiger partial charge in [-0.25, -0.2) is 0 Å². The number of amides is 1. The van der Waals surface area contributed by atoms with E-state index in [1.165, 1.54) is 44.7 Å². The molecule has 0 aliphatic heterocycles. The fraction of sp³-hybridized carbons (Fsp3) is 0.632. The first kappa shape index (κ1) is 20.5. The molecule has 1 rings (SSSR count). The second-order valence-electron chi connectivity index (χ2n) is 6.36. The highest BCUT2D eigenvalue weighted by molar-refractivity contribution is 5.94. The van der Waals surface area contributed by atoms with Crippen molar-refractivity contribution in [1.29, 1.82) is 0 Å². The van der Waals surface area contributed by atoms with E-state index in [-0.39, 0.29) is 16.7 Å². The van der Waals surface area contributed by atoms with Crippen LogP contribution in [0.25, 0.3) is 0 Å². The molecule has 1 amide bonds. The number of rotatable bonds is 10. The molecular weight excluding hydrogens is 315 g/mol. The summed E-state index contributed by atoms with van der Waals surface area (Å²) < 4.78 is 40.0. The number of aryl methyl sites for hydroxylation is 1. The molecule has 136 valence electrons. The molecule has 0 aliphatic rings. The number of carbonyl (C=O) groups is 1. The van der Waals surface area contributed by atoms with Gasteiger partial charge in [-0.15, -0.1) is 0 Å². The Balaban J connectivity index is 2.65. The third-order valence-electron chi connectivity index (χ3n) is 4.40. The molecule has 2 N–H and O–H groups in total. The van der Waals surface area contributed by atoms with E-state index in [1.54, 1.807) is 0 Å². The molecule has 0 radical (unpaired) electrons. The molecule has 0 saturated carbocycles. The fourth-order valence-corrected chi connectivity index (χ4v) is 3.09. The number of hydrogen-bond donors (Lipinski definition) is 1. The Morgan fingerprint density at radius 1 is 1.00 bits per heavy atom. The van der Waals surface area contributed by atoms with Gasteiger partial charge in [-0.1, -0.05) is 57.9 Å². The summed E-state index contributed by atoms with van der Waals surface area (Å²) in [5.74, 6) is -0.823. The summed E-state index contributed by atoms with van der Waals surface area (Å²) in [6.07, 6.45) is 4.67. The van der Waals surface area contributed by atoms with Gasteiger partial charge in [-0.05, 0) is 37.0 Å². The van der Waals surface area contributed by atoms with Crippen molar-refractivity contribution in [1.82, 2.24) is 0 Å². The van der Waals surface area contributed by atoms with Crippen LogP contribution in [0.5, 0.6) is 0 Å². The standard InChI is InChI=1S/C19H28F3NO/c1-3-4-5-6-7-8-9-10-11-15-12-13-16(18(23)24)14(2)17(15)19(20,21)22/h12-13H,3-11H2,1-2H3,(H2,23,24). The van der Waals surface area contributed by atoms with Gasteiger partial charge in [0.05, 0.1) is 5.56 Å². The molecule has 0 heterocycles. The maximum atomic E-state index is 13.3. The lowest BCUT2D eigenvalue weighted by Crippen LogP contribution is -2.18. The van der Waals surface area contributed by atoms with Gasteiger partial charge in [-0.2, -0.15) is 13.2 Å². The van der Waals surface area contributed by atoms with Gasteiger partial charge < -0.3 is 5.73 Å². The number of halogens is 3. The van der Waals surface area contributed by atoms with Gasteiger partial charge in [0.2, 0.25) is 5.91 Å².